The third-order valence-electron chi connectivity index (χ3n) is 3.91. The molecule has 1 heterocycles. The summed E-state index contributed by atoms with van der Waals surface area (Å²) in [4.78, 5) is 25.0. The van der Waals surface area contributed by atoms with E-state index in [1.54, 1.807) is 17.0 Å². The van der Waals surface area contributed by atoms with Gasteiger partial charge in [0.05, 0.1) is 16.8 Å². The number of carbonyl (C=O) groups is 2. The molecule has 1 aliphatic rings. The molecule has 1 aromatic rings. The highest BCUT2D eigenvalue weighted by Crippen LogP contribution is 2.24. The van der Waals surface area contributed by atoms with Crippen LogP contribution >= 0.6 is 15.9 Å². The molecule has 0 aromatic heterocycles. The van der Waals surface area contributed by atoms with Crippen LogP contribution in [0.4, 0.5) is 4.39 Å². The van der Waals surface area contributed by atoms with E-state index in [1.807, 2.05) is 6.92 Å². The molecule has 2 unspecified atom stereocenters. The number of hydrogen-bond donors (Lipinski definition) is 1. The van der Waals surface area contributed by atoms with Crippen LogP contribution < -0.4 is 0 Å². The maximum absolute atomic E-state index is 13.4. The fourth-order valence-electron chi connectivity index (χ4n) is 2.68. The van der Waals surface area contributed by atoms with Gasteiger partial charge in [-0.05, 0) is 46.0 Å². The number of amides is 1. The van der Waals surface area contributed by atoms with Crippen LogP contribution in [0.5, 0.6) is 0 Å². The van der Waals surface area contributed by atoms with Crippen LogP contribution in [0.15, 0.2) is 22.7 Å². The summed E-state index contributed by atoms with van der Waals surface area (Å²) in [6, 6.07) is 4.63. The first-order chi connectivity index (χ1) is 9.88. The number of aliphatic carboxylic acids is 1. The molecule has 6 heteroatoms. The Morgan fingerprint density at radius 3 is 2.76 bits per heavy atom. The zero-order valence-electron chi connectivity index (χ0n) is 11.7. The second kappa shape index (κ2) is 6.56. The lowest BCUT2D eigenvalue weighted by Gasteiger charge is -2.35. The van der Waals surface area contributed by atoms with E-state index in [0.29, 0.717) is 29.5 Å². The minimum absolute atomic E-state index is 0.0677. The average molecular weight is 358 g/mol. The third kappa shape index (κ3) is 3.81. The van der Waals surface area contributed by atoms with Crippen LogP contribution in [0.3, 0.4) is 0 Å². The molecule has 1 aliphatic heterocycles. The van der Waals surface area contributed by atoms with Gasteiger partial charge in [0.15, 0.2) is 0 Å². The van der Waals surface area contributed by atoms with E-state index in [0.717, 1.165) is 0 Å². The molecular weight excluding hydrogens is 341 g/mol. The Kier molecular flexibility index (Phi) is 4.98. The van der Waals surface area contributed by atoms with Gasteiger partial charge in [-0.15, -0.1) is 0 Å². The fourth-order valence-corrected chi connectivity index (χ4v) is 2.92. The number of hydrogen-bond acceptors (Lipinski definition) is 2. The van der Waals surface area contributed by atoms with Gasteiger partial charge in [0.1, 0.15) is 5.82 Å². The van der Waals surface area contributed by atoms with Crippen LogP contribution in [-0.4, -0.2) is 35.0 Å². The molecule has 4 nitrogen and oxygen atoms in total. The van der Waals surface area contributed by atoms with Crippen molar-refractivity contribution in [2.45, 2.75) is 19.8 Å². The Morgan fingerprint density at radius 2 is 2.19 bits per heavy atom. The van der Waals surface area contributed by atoms with Crippen LogP contribution in [0.1, 0.15) is 18.9 Å². The smallest absolute Gasteiger partial charge is 0.306 e. The molecule has 0 spiro atoms. The normalized spacial score (nSPS) is 22.1. The monoisotopic (exact) mass is 357 g/mol. The van der Waals surface area contributed by atoms with E-state index < -0.39 is 11.8 Å². The van der Waals surface area contributed by atoms with E-state index in [9.17, 15) is 14.0 Å². The second-order valence-corrected chi connectivity index (χ2v) is 6.33. The van der Waals surface area contributed by atoms with Gasteiger partial charge in [-0.1, -0.05) is 13.0 Å². The lowest BCUT2D eigenvalue weighted by molar-refractivity contribution is -0.148. The summed E-state index contributed by atoms with van der Waals surface area (Å²) in [6.07, 6.45) is 0.603. The Labute approximate surface area is 131 Å². The molecule has 2 rings (SSSR count). The van der Waals surface area contributed by atoms with Crippen molar-refractivity contribution >= 4 is 27.8 Å². The Balaban J connectivity index is 1.98. The predicted molar refractivity (Wildman–Crippen MR) is 79.3 cm³/mol. The van der Waals surface area contributed by atoms with Crippen LogP contribution in [-0.2, 0) is 16.0 Å². The van der Waals surface area contributed by atoms with E-state index >= 15 is 0 Å². The fraction of sp³-hybridized carbons (Fsp3) is 0.467. The van der Waals surface area contributed by atoms with Gasteiger partial charge in [-0.25, -0.2) is 4.39 Å². The predicted octanol–water partition coefficient (Wildman–Crippen LogP) is 2.70. The van der Waals surface area contributed by atoms with Crippen LogP contribution in [0.25, 0.3) is 0 Å². The van der Waals surface area contributed by atoms with Crippen molar-refractivity contribution in [3.63, 3.8) is 0 Å². The molecule has 0 radical (unpaired) electrons. The maximum Gasteiger partial charge on any atom is 0.306 e. The Morgan fingerprint density at radius 1 is 1.48 bits per heavy atom. The first-order valence-corrected chi connectivity index (χ1v) is 7.62. The van der Waals surface area contributed by atoms with Crippen LogP contribution in [0.2, 0.25) is 0 Å². The summed E-state index contributed by atoms with van der Waals surface area (Å²) < 4.78 is 13.8. The molecule has 0 saturated carbocycles. The summed E-state index contributed by atoms with van der Waals surface area (Å²) in [6.45, 7) is 2.73. The van der Waals surface area contributed by atoms with Crippen molar-refractivity contribution in [1.29, 1.82) is 0 Å². The van der Waals surface area contributed by atoms with Gasteiger partial charge in [0.2, 0.25) is 5.91 Å². The minimum atomic E-state index is -0.801. The van der Waals surface area contributed by atoms with Crippen LogP contribution in [0, 0.1) is 17.7 Å². The zero-order valence-corrected chi connectivity index (χ0v) is 13.3. The van der Waals surface area contributed by atoms with E-state index in [4.69, 9.17) is 5.11 Å². The highest BCUT2D eigenvalue weighted by molar-refractivity contribution is 9.10. The molecule has 1 N–H and O–H groups in total. The zero-order chi connectivity index (χ0) is 15.6. The maximum atomic E-state index is 13.4. The summed E-state index contributed by atoms with van der Waals surface area (Å²) in [7, 11) is 0. The highest BCUT2D eigenvalue weighted by Gasteiger charge is 2.32. The van der Waals surface area contributed by atoms with Gasteiger partial charge in [-0.3, -0.25) is 9.59 Å². The number of carbonyl (C=O) groups excluding carboxylic acids is 1. The van der Waals surface area contributed by atoms with Gasteiger partial charge in [0.25, 0.3) is 0 Å². The van der Waals surface area contributed by atoms with Gasteiger partial charge in [-0.2, -0.15) is 0 Å². The molecule has 1 saturated heterocycles. The summed E-state index contributed by atoms with van der Waals surface area (Å²) in [5.74, 6) is -1.74. The number of halogens is 2. The molecule has 21 heavy (non-hydrogen) atoms. The summed E-state index contributed by atoms with van der Waals surface area (Å²) >= 11 is 3.07. The number of benzene rings is 1. The van der Waals surface area contributed by atoms with Gasteiger partial charge in [0, 0.05) is 13.1 Å². The molecule has 1 fully saturated rings. The summed E-state index contributed by atoms with van der Waals surface area (Å²) in [5.41, 5.74) is 0.619. The number of carboxylic acid groups (broad SMARTS) is 1. The van der Waals surface area contributed by atoms with Crippen molar-refractivity contribution in [3.8, 4) is 0 Å². The van der Waals surface area contributed by atoms with Crippen molar-refractivity contribution < 1.29 is 19.1 Å². The first-order valence-electron chi connectivity index (χ1n) is 6.83. The minimum Gasteiger partial charge on any atom is -0.481 e. The Bertz CT molecular complexity index is 564. The molecular formula is C15H17BrFNO3. The van der Waals surface area contributed by atoms with Gasteiger partial charge < -0.3 is 10.0 Å². The Hall–Kier alpha value is -1.43. The molecule has 2 atom stereocenters. The quantitative estimate of drug-likeness (QED) is 0.904. The molecule has 0 aliphatic carbocycles. The number of rotatable bonds is 3. The molecule has 114 valence electrons. The summed E-state index contributed by atoms with van der Waals surface area (Å²) in [5, 5.41) is 9.08. The number of piperidine rings is 1. The van der Waals surface area contributed by atoms with Crippen molar-refractivity contribution in [3.05, 3.63) is 34.1 Å². The number of likely N-dealkylation sites (tertiary alicyclic amines) is 1. The first kappa shape index (κ1) is 15.9. The molecule has 1 aromatic carbocycles. The SMILES string of the molecule is CC1CN(C(=O)Cc2ccc(Br)c(F)c2)CCC1C(=O)O. The molecule has 0 bridgehead atoms. The average Bonchev–Trinajstić information content (AvgIpc) is 2.42. The van der Waals surface area contributed by atoms with E-state index in [2.05, 4.69) is 15.9 Å². The second-order valence-electron chi connectivity index (χ2n) is 5.48. The topological polar surface area (TPSA) is 57.6 Å². The standard InChI is InChI=1S/C15H17BrFNO3/c1-9-8-18(5-4-11(9)15(20)21)14(19)7-10-2-3-12(16)13(17)6-10/h2-3,6,9,11H,4-5,7-8H2,1H3,(H,20,21). The number of nitrogens with zero attached hydrogens (tertiary/aromatic N) is 1. The molecule has 1 amide bonds. The largest absolute Gasteiger partial charge is 0.481 e. The van der Waals surface area contributed by atoms with Crippen molar-refractivity contribution in [2.24, 2.45) is 11.8 Å². The van der Waals surface area contributed by atoms with E-state index in [-0.39, 0.29) is 24.2 Å². The van der Waals surface area contributed by atoms with Gasteiger partial charge >= 0.3 is 5.97 Å². The lowest BCUT2D eigenvalue weighted by Crippen LogP contribution is -2.45. The lowest BCUT2D eigenvalue weighted by atomic mass is 9.87. The van der Waals surface area contributed by atoms with Crippen molar-refractivity contribution in [1.82, 2.24) is 4.90 Å². The van der Waals surface area contributed by atoms with Crippen molar-refractivity contribution in [2.75, 3.05) is 13.1 Å². The highest BCUT2D eigenvalue weighted by atomic mass is 79.9. The number of carboxylic acids is 1. The van der Waals surface area contributed by atoms with E-state index in [1.165, 1.54) is 6.07 Å². The third-order valence-corrected chi connectivity index (χ3v) is 4.56.